The van der Waals surface area contributed by atoms with Crippen LogP contribution in [0, 0.1) is 0 Å². The Balaban J connectivity index is 1.24. The molecule has 0 saturated heterocycles. The minimum atomic E-state index is -0.876. The van der Waals surface area contributed by atoms with Crippen molar-refractivity contribution in [3.8, 4) is 0 Å². The van der Waals surface area contributed by atoms with Crippen molar-refractivity contribution in [3.05, 3.63) is 155 Å². The molecule has 0 fully saturated rings. The summed E-state index contributed by atoms with van der Waals surface area (Å²) in [4.78, 5) is 13.8. The molecule has 0 spiro atoms. The highest BCUT2D eigenvalue weighted by atomic mass is 31.1. The zero-order chi connectivity index (χ0) is 25.5. The monoisotopic (exact) mass is 509 g/mol. The predicted octanol–water partition coefficient (Wildman–Crippen LogP) is 7.07. The molecule has 3 heteroatoms. The molecule has 0 aliphatic heterocycles. The van der Waals surface area contributed by atoms with Crippen LogP contribution in [0.25, 0.3) is 0 Å². The minimum Gasteiger partial charge on any atom is -0.322 e. The van der Waals surface area contributed by atoms with Crippen LogP contribution in [0.2, 0.25) is 0 Å². The molecule has 5 aromatic carbocycles. The Hall–Kier alpha value is -4.00. The van der Waals surface area contributed by atoms with Crippen LogP contribution < -0.4 is 21.2 Å². The summed E-state index contributed by atoms with van der Waals surface area (Å²) >= 11 is 0. The van der Waals surface area contributed by atoms with Crippen LogP contribution in [0.1, 0.15) is 57.3 Å². The zero-order valence-corrected chi connectivity index (χ0v) is 21.9. The fourth-order valence-electron chi connectivity index (χ4n) is 6.35. The minimum absolute atomic E-state index is 0.0544. The fraction of sp³-hybridized carbons (Fsp3) is 0.114. The smallest absolute Gasteiger partial charge is 0.256 e. The number of fused-ring (bicyclic) bond motifs is 1. The third kappa shape index (κ3) is 3.97. The SMILES string of the molecule is O=C(Nc1ccc2c(c1)C1CCC2c2ccccc21)c1ccccc1P(c1ccccc1)c1ccccc1. The molecule has 0 heterocycles. The van der Waals surface area contributed by atoms with E-state index in [0.717, 1.165) is 16.6 Å². The van der Waals surface area contributed by atoms with Gasteiger partial charge >= 0.3 is 0 Å². The topological polar surface area (TPSA) is 29.1 Å². The van der Waals surface area contributed by atoms with Crippen LogP contribution >= 0.6 is 7.92 Å². The number of carbonyl (C=O) groups excluding carboxylic acids is 1. The van der Waals surface area contributed by atoms with E-state index in [1.54, 1.807) is 0 Å². The number of amides is 1. The van der Waals surface area contributed by atoms with E-state index in [-0.39, 0.29) is 5.91 Å². The second kappa shape index (κ2) is 9.71. The highest BCUT2D eigenvalue weighted by Crippen LogP contribution is 2.53. The third-order valence-corrected chi connectivity index (χ3v) is 10.5. The summed E-state index contributed by atoms with van der Waals surface area (Å²) in [5.41, 5.74) is 7.35. The molecule has 184 valence electrons. The molecule has 3 aliphatic carbocycles. The van der Waals surface area contributed by atoms with Crippen LogP contribution in [0.4, 0.5) is 5.69 Å². The van der Waals surface area contributed by atoms with Gasteiger partial charge in [-0.2, -0.15) is 0 Å². The maximum Gasteiger partial charge on any atom is 0.256 e. The van der Waals surface area contributed by atoms with Gasteiger partial charge in [-0.3, -0.25) is 4.79 Å². The van der Waals surface area contributed by atoms with Gasteiger partial charge in [0.1, 0.15) is 0 Å². The second-order valence-corrected chi connectivity index (χ2v) is 12.3. The number of carbonyl (C=O) groups is 1. The second-order valence-electron chi connectivity index (χ2n) is 10.1. The molecule has 0 saturated carbocycles. The van der Waals surface area contributed by atoms with Crippen LogP contribution in [0.5, 0.6) is 0 Å². The molecule has 2 unspecified atom stereocenters. The van der Waals surface area contributed by atoms with Crippen molar-refractivity contribution in [1.82, 2.24) is 0 Å². The molecule has 1 amide bonds. The molecule has 8 rings (SSSR count). The Morgan fingerprint density at radius 3 is 1.76 bits per heavy atom. The summed E-state index contributed by atoms with van der Waals surface area (Å²) < 4.78 is 0. The quantitative estimate of drug-likeness (QED) is 0.252. The Morgan fingerprint density at radius 2 is 1.11 bits per heavy atom. The van der Waals surface area contributed by atoms with Gasteiger partial charge in [0.25, 0.3) is 5.91 Å². The van der Waals surface area contributed by atoms with E-state index in [0.29, 0.717) is 11.8 Å². The van der Waals surface area contributed by atoms with E-state index < -0.39 is 7.92 Å². The van der Waals surface area contributed by atoms with Gasteiger partial charge in [-0.1, -0.05) is 109 Å². The van der Waals surface area contributed by atoms with Gasteiger partial charge in [0.05, 0.1) is 0 Å². The summed E-state index contributed by atoms with van der Waals surface area (Å²) in [7, 11) is -0.876. The van der Waals surface area contributed by atoms with Crippen molar-refractivity contribution in [2.75, 3.05) is 5.32 Å². The molecule has 1 N–H and O–H groups in total. The summed E-state index contributed by atoms with van der Waals surface area (Å²) in [6.07, 6.45) is 2.38. The Bertz CT molecular complexity index is 1590. The molecule has 0 aromatic heterocycles. The van der Waals surface area contributed by atoms with Gasteiger partial charge in [-0.05, 0) is 77.1 Å². The highest BCUT2D eigenvalue weighted by Gasteiger charge is 2.37. The Labute approximate surface area is 225 Å². The Kier molecular flexibility index (Phi) is 5.91. The lowest BCUT2D eigenvalue weighted by atomic mass is 9.64. The normalized spacial score (nSPS) is 17.1. The summed E-state index contributed by atoms with van der Waals surface area (Å²) in [6, 6.07) is 44.6. The highest BCUT2D eigenvalue weighted by molar-refractivity contribution is 7.80. The molecule has 38 heavy (non-hydrogen) atoms. The first-order valence-electron chi connectivity index (χ1n) is 13.3. The number of rotatable bonds is 5. The van der Waals surface area contributed by atoms with E-state index >= 15 is 0 Å². The van der Waals surface area contributed by atoms with Crippen molar-refractivity contribution in [2.45, 2.75) is 24.7 Å². The van der Waals surface area contributed by atoms with Crippen molar-refractivity contribution in [3.63, 3.8) is 0 Å². The maximum absolute atomic E-state index is 13.8. The molecule has 2 bridgehead atoms. The van der Waals surface area contributed by atoms with Crippen LogP contribution in [0.15, 0.2) is 127 Å². The van der Waals surface area contributed by atoms with Crippen molar-refractivity contribution in [1.29, 1.82) is 0 Å². The van der Waals surface area contributed by atoms with E-state index in [1.165, 1.54) is 45.7 Å². The van der Waals surface area contributed by atoms with E-state index in [9.17, 15) is 4.79 Å². The Morgan fingerprint density at radius 1 is 0.579 bits per heavy atom. The number of nitrogens with one attached hydrogen (secondary N) is 1. The largest absolute Gasteiger partial charge is 0.322 e. The number of hydrogen-bond acceptors (Lipinski definition) is 1. The molecule has 0 radical (unpaired) electrons. The molecular weight excluding hydrogens is 481 g/mol. The van der Waals surface area contributed by atoms with E-state index in [1.807, 2.05) is 30.3 Å². The van der Waals surface area contributed by atoms with Gasteiger partial charge in [0, 0.05) is 23.1 Å². The first-order valence-corrected chi connectivity index (χ1v) is 14.7. The molecule has 2 nitrogen and oxygen atoms in total. The molecule has 2 atom stereocenters. The fourth-order valence-corrected chi connectivity index (χ4v) is 8.80. The summed E-state index contributed by atoms with van der Waals surface area (Å²) in [5.74, 6) is 0.831. The predicted molar refractivity (Wildman–Crippen MR) is 159 cm³/mol. The third-order valence-electron chi connectivity index (χ3n) is 8.00. The number of hydrogen-bond donors (Lipinski definition) is 1. The summed E-state index contributed by atoms with van der Waals surface area (Å²) in [5, 5.41) is 6.80. The molecule has 5 aromatic rings. The van der Waals surface area contributed by atoms with Gasteiger partial charge in [0.15, 0.2) is 0 Å². The molecule has 3 aliphatic rings. The zero-order valence-electron chi connectivity index (χ0n) is 21.0. The van der Waals surface area contributed by atoms with Gasteiger partial charge in [0.2, 0.25) is 0 Å². The lowest BCUT2D eigenvalue weighted by Crippen LogP contribution is -2.28. The average molecular weight is 510 g/mol. The lowest BCUT2D eigenvalue weighted by molar-refractivity contribution is 0.102. The first kappa shape index (κ1) is 23.1. The molecular formula is C35H28NOP. The van der Waals surface area contributed by atoms with Crippen LogP contribution in [-0.4, -0.2) is 5.91 Å². The standard InChI is InChI=1S/C35H28NOP/c37-35(36-24-19-20-30-29-21-22-31(33(30)23-24)28-16-8-7-15-27(28)29)32-17-9-10-18-34(32)38(25-11-3-1-4-12-25)26-13-5-2-6-14-26/h1-20,23,29,31H,21-22H2,(H,36,37). The number of benzene rings is 5. The van der Waals surface area contributed by atoms with E-state index in [2.05, 4.69) is 102 Å². The van der Waals surface area contributed by atoms with Crippen LogP contribution in [-0.2, 0) is 0 Å². The first-order chi connectivity index (χ1) is 18.8. The van der Waals surface area contributed by atoms with Gasteiger partial charge < -0.3 is 5.32 Å². The van der Waals surface area contributed by atoms with Crippen molar-refractivity contribution in [2.24, 2.45) is 0 Å². The number of anilines is 1. The van der Waals surface area contributed by atoms with Gasteiger partial charge in [-0.15, -0.1) is 0 Å². The lowest BCUT2D eigenvalue weighted by Gasteiger charge is -2.40. The average Bonchev–Trinajstić information content (AvgIpc) is 2.99. The van der Waals surface area contributed by atoms with Crippen molar-refractivity contribution >= 4 is 35.4 Å². The van der Waals surface area contributed by atoms with E-state index in [4.69, 9.17) is 0 Å². The maximum atomic E-state index is 13.8. The summed E-state index contributed by atoms with van der Waals surface area (Å²) in [6.45, 7) is 0. The van der Waals surface area contributed by atoms with Gasteiger partial charge in [-0.25, -0.2) is 0 Å². The van der Waals surface area contributed by atoms with Crippen molar-refractivity contribution < 1.29 is 4.79 Å². The van der Waals surface area contributed by atoms with Crippen LogP contribution in [0.3, 0.4) is 0 Å².